The van der Waals surface area contributed by atoms with Crippen LogP contribution in [0.5, 0.6) is 5.75 Å². The summed E-state index contributed by atoms with van der Waals surface area (Å²) in [5.41, 5.74) is 0.918. The molecule has 6 nitrogen and oxygen atoms in total. The summed E-state index contributed by atoms with van der Waals surface area (Å²) in [6.45, 7) is 1.09. The van der Waals surface area contributed by atoms with E-state index in [0.29, 0.717) is 54.7 Å². The van der Waals surface area contributed by atoms with E-state index < -0.39 is 10.0 Å². The molecule has 1 saturated heterocycles. The highest BCUT2D eigenvalue weighted by molar-refractivity contribution is 7.89. The van der Waals surface area contributed by atoms with Crippen LogP contribution in [0.2, 0.25) is 10.0 Å². The zero-order chi connectivity index (χ0) is 21.7. The van der Waals surface area contributed by atoms with Gasteiger partial charge in [0, 0.05) is 35.6 Å². The van der Waals surface area contributed by atoms with Crippen molar-refractivity contribution in [1.29, 1.82) is 0 Å². The third-order valence-corrected chi connectivity index (χ3v) is 7.73. The van der Waals surface area contributed by atoms with Crippen molar-refractivity contribution >= 4 is 39.1 Å². The predicted octanol–water partition coefficient (Wildman–Crippen LogP) is 3.76. The molecule has 162 valence electrons. The number of rotatable bonds is 7. The van der Waals surface area contributed by atoms with Crippen LogP contribution in [0.25, 0.3) is 0 Å². The van der Waals surface area contributed by atoms with E-state index in [1.807, 2.05) is 6.07 Å². The molecule has 30 heavy (non-hydrogen) atoms. The minimum atomic E-state index is -3.58. The van der Waals surface area contributed by atoms with Gasteiger partial charge in [0.15, 0.2) is 0 Å². The zero-order valence-electron chi connectivity index (χ0n) is 16.6. The van der Waals surface area contributed by atoms with E-state index in [0.717, 1.165) is 5.56 Å². The van der Waals surface area contributed by atoms with E-state index in [4.69, 9.17) is 27.9 Å². The van der Waals surface area contributed by atoms with Crippen LogP contribution in [0, 0.1) is 5.92 Å². The fourth-order valence-electron chi connectivity index (χ4n) is 3.44. The van der Waals surface area contributed by atoms with Crippen LogP contribution in [0.15, 0.2) is 47.4 Å². The van der Waals surface area contributed by atoms with Gasteiger partial charge in [0.2, 0.25) is 15.9 Å². The van der Waals surface area contributed by atoms with E-state index in [1.54, 1.807) is 24.3 Å². The molecule has 0 unspecified atom stereocenters. The van der Waals surface area contributed by atoms with Crippen molar-refractivity contribution in [1.82, 2.24) is 9.62 Å². The summed E-state index contributed by atoms with van der Waals surface area (Å²) in [5.74, 6) is 0.346. The van der Waals surface area contributed by atoms with Crippen LogP contribution in [0.1, 0.15) is 18.4 Å². The van der Waals surface area contributed by atoms with Gasteiger partial charge in [-0.2, -0.15) is 4.31 Å². The predicted molar refractivity (Wildman–Crippen MR) is 118 cm³/mol. The molecule has 1 aliphatic heterocycles. The van der Waals surface area contributed by atoms with Crippen molar-refractivity contribution in [3.8, 4) is 5.75 Å². The Hall–Kier alpha value is -1.80. The van der Waals surface area contributed by atoms with Gasteiger partial charge in [-0.15, -0.1) is 0 Å². The number of carbonyl (C=O) groups excluding carboxylic acids is 1. The molecule has 1 heterocycles. The third-order valence-electron chi connectivity index (χ3n) is 5.23. The number of nitrogens with one attached hydrogen (secondary N) is 1. The summed E-state index contributed by atoms with van der Waals surface area (Å²) < 4.78 is 32.1. The Morgan fingerprint density at radius 1 is 1.13 bits per heavy atom. The lowest BCUT2D eigenvalue weighted by atomic mass is 9.97. The number of hydrogen-bond donors (Lipinski definition) is 1. The first-order valence-electron chi connectivity index (χ1n) is 9.67. The number of carbonyl (C=O) groups is 1. The van der Waals surface area contributed by atoms with E-state index in [-0.39, 0.29) is 16.7 Å². The van der Waals surface area contributed by atoms with Crippen molar-refractivity contribution in [3.63, 3.8) is 0 Å². The molecule has 0 spiro atoms. The Labute approximate surface area is 187 Å². The average molecular weight is 471 g/mol. The molecule has 2 aromatic rings. The SMILES string of the molecule is COc1ccc(S(=O)(=O)N2CCC(C(=O)NCCc3ccc(Cl)cc3Cl)CC2)cc1. The highest BCUT2D eigenvalue weighted by atomic mass is 35.5. The number of amides is 1. The molecular weight excluding hydrogens is 447 g/mol. The minimum absolute atomic E-state index is 0.0541. The lowest BCUT2D eigenvalue weighted by Crippen LogP contribution is -2.43. The summed E-state index contributed by atoms with van der Waals surface area (Å²) in [5, 5.41) is 4.08. The quantitative estimate of drug-likeness (QED) is 0.668. The van der Waals surface area contributed by atoms with Crippen molar-refractivity contribution in [2.75, 3.05) is 26.7 Å². The molecule has 0 saturated carbocycles. The molecule has 0 aliphatic carbocycles. The van der Waals surface area contributed by atoms with Crippen molar-refractivity contribution in [2.24, 2.45) is 5.92 Å². The van der Waals surface area contributed by atoms with Crippen LogP contribution in [-0.2, 0) is 21.2 Å². The maximum Gasteiger partial charge on any atom is 0.243 e. The number of sulfonamides is 1. The largest absolute Gasteiger partial charge is 0.497 e. The van der Waals surface area contributed by atoms with Gasteiger partial charge in [-0.1, -0.05) is 29.3 Å². The summed E-state index contributed by atoms with van der Waals surface area (Å²) in [6, 6.07) is 11.6. The fourth-order valence-corrected chi connectivity index (χ4v) is 5.42. The first-order valence-corrected chi connectivity index (χ1v) is 11.9. The van der Waals surface area contributed by atoms with Crippen LogP contribution < -0.4 is 10.1 Å². The van der Waals surface area contributed by atoms with E-state index >= 15 is 0 Å². The lowest BCUT2D eigenvalue weighted by molar-refractivity contribution is -0.126. The number of halogens is 2. The molecule has 2 aromatic carbocycles. The second kappa shape index (κ2) is 10.0. The van der Waals surface area contributed by atoms with E-state index in [9.17, 15) is 13.2 Å². The molecule has 0 radical (unpaired) electrons. The molecular formula is C21H24Cl2N2O4S. The van der Waals surface area contributed by atoms with Crippen molar-refractivity contribution < 1.29 is 17.9 Å². The topological polar surface area (TPSA) is 75.7 Å². The Morgan fingerprint density at radius 2 is 1.80 bits per heavy atom. The smallest absolute Gasteiger partial charge is 0.243 e. The van der Waals surface area contributed by atoms with Gasteiger partial charge in [-0.05, 0) is 61.2 Å². The number of nitrogens with zero attached hydrogens (tertiary/aromatic N) is 1. The molecule has 1 amide bonds. The normalized spacial score (nSPS) is 15.7. The Bertz CT molecular complexity index is 989. The Kier molecular flexibility index (Phi) is 7.63. The lowest BCUT2D eigenvalue weighted by Gasteiger charge is -2.30. The molecule has 9 heteroatoms. The van der Waals surface area contributed by atoms with Gasteiger partial charge >= 0.3 is 0 Å². The van der Waals surface area contributed by atoms with Gasteiger partial charge in [-0.3, -0.25) is 4.79 Å². The maximum absolute atomic E-state index is 12.8. The van der Waals surface area contributed by atoms with Gasteiger partial charge in [0.25, 0.3) is 0 Å². The van der Waals surface area contributed by atoms with Crippen LogP contribution in [0.3, 0.4) is 0 Å². The number of hydrogen-bond acceptors (Lipinski definition) is 4. The first-order chi connectivity index (χ1) is 14.3. The highest BCUT2D eigenvalue weighted by Gasteiger charge is 2.32. The van der Waals surface area contributed by atoms with E-state index in [2.05, 4.69) is 5.32 Å². The molecule has 1 N–H and O–H groups in total. The van der Waals surface area contributed by atoms with Crippen molar-refractivity contribution in [2.45, 2.75) is 24.2 Å². The summed E-state index contributed by atoms with van der Waals surface area (Å²) >= 11 is 12.0. The molecule has 1 fully saturated rings. The molecule has 0 bridgehead atoms. The molecule has 1 aliphatic rings. The summed E-state index contributed by atoms with van der Waals surface area (Å²) in [4.78, 5) is 12.7. The second-order valence-electron chi connectivity index (χ2n) is 7.13. The van der Waals surface area contributed by atoms with Crippen LogP contribution in [-0.4, -0.2) is 45.4 Å². The summed E-state index contributed by atoms with van der Waals surface area (Å²) in [6.07, 6.45) is 1.58. The number of benzene rings is 2. The first kappa shape index (κ1) is 22.9. The monoisotopic (exact) mass is 470 g/mol. The van der Waals surface area contributed by atoms with Gasteiger partial charge in [0.1, 0.15) is 5.75 Å². The average Bonchev–Trinajstić information content (AvgIpc) is 2.75. The zero-order valence-corrected chi connectivity index (χ0v) is 18.9. The second-order valence-corrected chi connectivity index (χ2v) is 9.91. The van der Waals surface area contributed by atoms with Gasteiger partial charge in [0.05, 0.1) is 12.0 Å². The standard InChI is InChI=1S/C21H24Cl2N2O4S/c1-29-18-4-6-19(7-5-18)30(27,28)25-12-9-16(10-13-25)21(26)24-11-8-15-2-3-17(22)14-20(15)23/h2-7,14,16H,8-13H2,1H3,(H,24,26). The number of ether oxygens (including phenoxy) is 1. The third kappa shape index (κ3) is 5.46. The highest BCUT2D eigenvalue weighted by Crippen LogP contribution is 2.25. The maximum atomic E-state index is 12.8. The summed E-state index contributed by atoms with van der Waals surface area (Å²) in [7, 11) is -2.05. The van der Waals surface area contributed by atoms with Crippen molar-refractivity contribution in [3.05, 3.63) is 58.1 Å². The number of piperidine rings is 1. The molecule has 3 rings (SSSR count). The van der Waals surface area contributed by atoms with Crippen LogP contribution >= 0.6 is 23.2 Å². The fraction of sp³-hybridized carbons (Fsp3) is 0.381. The molecule has 0 aromatic heterocycles. The number of methoxy groups -OCH3 is 1. The minimum Gasteiger partial charge on any atom is -0.497 e. The Balaban J connectivity index is 1.49. The van der Waals surface area contributed by atoms with Crippen LogP contribution in [0.4, 0.5) is 0 Å². The van der Waals surface area contributed by atoms with Gasteiger partial charge in [-0.25, -0.2) is 8.42 Å². The molecule has 0 atom stereocenters. The Morgan fingerprint density at radius 3 is 2.40 bits per heavy atom. The van der Waals surface area contributed by atoms with E-state index in [1.165, 1.54) is 23.5 Å². The van der Waals surface area contributed by atoms with Gasteiger partial charge < -0.3 is 10.1 Å².